The Morgan fingerprint density at radius 1 is 1.56 bits per heavy atom. The second kappa shape index (κ2) is 5.40. The van der Waals surface area contributed by atoms with Gasteiger partial charge in [0.2, 0.25) is 0 Å². The Labute approximate surface area is 108 Å². The summed E-state index contributed by atoms with van der Waals surface area (Å²) in [5, 5.41) is 0. The first-order valence-corrected chi connectivity index (χ1v) is 6.52. The largest absolute Gasteiger partial charge is 0.338 e. The van der Waals surface area contributed by atoms with Gasteiger partial charge in [0, 0.05) is 13.1 Å². The van der Waals surface area contributed by atoms with Crippen LogP contribution in [0.2, 0.25) is 0 Å². The van der Waals surface area contributed by atoms with Crippen LogP contribution in [0.3, 0.4) is 0 Å². The van der Waals surface area contributed by atoms with Crippen LogP contribution in [0.15, 0.2) is 18.2 Å². The molecule has 1 aliphatic heterocycles. The lowest BCUT2D eigenvalue weighted by Gasteiger charge is -2.18. The maximum Gasteiger partial charge on any atom is 0.256 e. The number of hydrazine groups is 1. The smallest absolute Gasteiger partial charge is 0.256 e. The number of hydrogen-bond donors (Lipinski definition) is 2. The highest BCUT2D eigenvalue weighted by atomic mass is 16.2. The Balaban J connectivity index is 2.19. The summed E-state index contributed by atoms with van der Waals surface area (Å²) in [4.78, 5) is 14.4. The molecule has 3 N–H and O–H groups in total. The molecule has 1 atom stereocenters. The molecule has 0 aliphatic carbocycles. The Kier molecular flexibility index (Phi) is 3.87. The molecule has 4 heteroatoms. The number of nitrogen functional groups attached to an aromatic ring is 1. The number of carbonyl (C=O) groups excluding carboxylic acids is 1. The number of aryl methyl sites for hydroxylation is 1. The van der Waals surface area contributed by atoms with E-state index in [1.54, 1.807) is 0 Å². The number of nitrogens with one attached hydrogen (secondary N) is 1. The molecule has 1 saturated heterocycles. The van der Waals surface area contributed by atoms with Crippen molar-refractivity contribution in [2.45, 2.75) is 26.7 Å². The van der Waals surface area contributed by atoms with Crippen molar-refractivity contribution < 1.29 is 4.79 Å². The van der Waals surface area contributed by atoms with E-state index in [-0.39, 0.29) is 5.91 Å². The van der Waals surface area contributed by atoms with Gasteiger partial charge in [-0.25, -0.2) is 0 Å². The maximum atomic E-state index is 12.4. The van der Waals surface area contributed by atoms with Gasteiger partial charge in [0.1, 0.15) is 0 Å². The van der Waals surface area contributed by atoms with Crippen LogP contribution in [0, 0.1) is 12.8 Å². The van der Waals surface area contributed by atoms with E-state index in [9.17, 15) is 4.79 Å². The molecular weight excluding hydrogens is 226 g/mol. The van der Waals surface area contributed by atoms with Crippen molar-refractivity contribution in [1.82, 2.24) is 4.90 Å². The van der Waals surface area contributed by atoms with Crippen molar-refractivity contribution in [2.75, 3.05) is 18.5 Å². The first-order chi connectivity index (χ1) is 8.65. The molecule has 98 valence electrons. The van der Waals surface area contributed by atoms with Gasteiger partial charge < -0.3 is 10.3 Å². The lowest BCUT2D eigenvalue weighted by atomic mass is 10.1. The van der Waals surface area contributed by atoms with Gasteiger partial charge in [0.05, 0.1) is 11.3 Å². The predicted molar refractivity (Wildman–Crippen MR) is 73.3 cm³/mol. The molecule has 18 heavy (non-hydrogen) atoms. The highest BCUT2D eigenvalue weighted by molar-refractivity contribution is 5.99. The van der Waals surface area contributed by atoms with Crippen molar-refractivity contribution in [3.05, 3.63) is 29.3 Å². The lowest BCUT2D eigenvalue weighted by molar-refractivity contribution is 0.0788. The zero-order valence-corrected chi connectivity index (χ0v) is 11.1. The number of rotatable bonds is 3. The number of hydrogen-bond acceptors (Lipinski definition) is 3. The summed E-state index contributed by atoms with van der Waals surface area (Å²) < 4.78 is 0. The van der Waals surface area contributed by atoms with E-state index in [2.05, 4.69) is 12.3 Å². The SMILES string of the molecule is CCC1CCN(C(=O)c2ccc(C)cc2NN)C1. The number of amides is 1. The van der Waals surface area contributed by atoms with Crippen LogP contribution in [0.4, 0.5) is 5.69 Å². The second-order valence-corrected chi connectivity index (χ2v) is 5.01. The molecule has 1 fully saturated rings. The van der Waals surface area contributed by atoms with Crippen LogP contribution in [-0.4, -0.2) is 23.9 Å². The van der Waals surface area contributed by atoms with Gasteiger partial charge in [-0.2, -0.15) is 0 Å². The van der Waals surface area contributed by atoms with Gasteiger partial charge >= 0.3 is 0 Å². The molecule has 0 saturated carbocycles. The minimum absolute atomic E-state index is 0.0823. The molecular formula is C14H21N3O. The van der Waals surface area contributed by atoms with E-state index in [1.807, 2.05) is 30.0 Å². The highest BCUT2D eigenvalue weighted by Crippen LogP contribution is 2.24. The van der Waals surface area contributed by atoms with Gasteiger partial charge in [-0.1, -0.05) is 19.4 Å². The molecule has 1 aliphatic rings. The average molecular weight is 247 g/mol. The normalized spacial score (nSPS) is 19.1. The highest BCUT2D eigenvalue weighted by Gasteiger charge is 2.26. The molecule has 0 aromatic heterocycles. The molecule has 4 nitrogen and oxygen atoms in total. The first kappa shape index (κ1) is 12.9. The van der Waals surface area contributed by atoms with Gasteiger partial charge in [-0.3, -0.25) is 10.6 Å². The van der Waals surface area contributed by atoms with Crippen LogP contribution in [0.25, 0.3) is 0 Å². The number of nitrogens with two attached hydrogens (primary N) is 1. The molecule has 1 heterocycles. The Hall–Kier alpha value is -1.55. The first-order valence-electron chi connectivity index (χ1n) is 6.52. The van der Waals surface area contributed by atoms with Gasteiger partial charge in [0.15, 0.2) is 0 Å². The molecule has 1 unspecified atom stereocenters. The summed E-state index contributed by atoms with van der Waals surface area (Å²) >= 11 is 0. The second-order valence-electron chi connectivity index (χ2n) is 5.01. The standard InChI is InChI=1S/C14H21N3O/c1-3-11-6-7-17(9-11)14(18)12-5-4-10(2)8-13(12)16-15/h4-5,8,11,16H,3,6-7,9,15H2,1-2H3. The molecule has 0 bridgehead atoms. The molecule has 2 rings (SSSR count). The quantitative estimate of drug-likeness (QED) is 0.635. The summed E-state index contributed by atoms with van der Waals surface area (Å²) in [5.74, 6) is 6.22. The summed E-state index contributed by atoms with van der Waals surface area (Å²) in [7, 11) is 0. The number of benzene rings is 1. The summed E-state index contributed by atoms with van der Waals surface area (Å²) in [6, 6.07) is 5.70. The third-order valence-corrected chi connectivity index (χ3v) is 3.71. The average Bonchev–Trinajstić information content (AvgIpc) is 2.86. The van der Waals surface area contributed by atoms with Crippen LogP contribution < -0.4 is 11.3 Å². The van der Waals surface area contributed by atoms with E-state index in [0.717, 1.165) is 31.5 Å². The summed E-state index contributed by atoms with van der Waals surface area (Å²) in [5.41, 5.74) is 5.08. The van der Waals surface area contributed by atoms with Crippen molar-refractivity contribution in [3.63, 3.8) is 0 Å². The monoisotopic (exact) mass is 247 g/mol. The van der Waals surface area contributed by atoms with Crippen molar-refractivity contribution in [3.8, 4) is 0 Å². The molecule has 1 aromatic carbocycles. The number of likely N-dealkylation sites (tertiary alicyclic amines) is 1. The minimum Gasteiger partial charge on any atom is -0.338 e. The summed E-state index contributed by atoms with van der Waals surface area (Å²) in [6.45, 7) is 5.89. The van der Waals surface area contributed by atoms with Crippen LogP contribution in [-0.2, 0) is 0 Å². The topological polar surface area (TPSA) is 58.4 Å². The van der Waals surface area contributed by atoms with Crippen molar-refractivity contribution in [1.29, 1.82) is 0 Å². The molecule has 1 amide bonds. The lowest BCUT2D eigenvalue weighted by Crippen LogP contribution is -2.29. The molecule has 0 radical (unpaired) electrons. The zero-order chi connectivity index (χ0) is 13.1. The van der Waals surface area contributed by atoms with Gasteiger partial charge in [-0.15, -0.1) is 0 Å². The number of carbonyl (C=O) groups is 1. The fraction of sp³-hybridized carbons (Fsp3) is 0.500. The van der Waals surface area contributed by atoms with Crippen LogP contribution >= 0.6 is 0 Å². The Morgan fingerprint density at radius 3 is 2.94 bits per heavy atom. The van der Waals surface area contributed by atoms with E-state index in [4.69, 9.17) is 5.84 Å². The van der Waals surface area contributed by atoms with E-state index < -0.39 is 0 Å². The van der Waals surface area contributed by atoms with E-state index >= 15 is 0 Å². The third-order valence-electron chi connectivity index (χ3n) is 3.71. The Bertz CT molecular complexity index is 445. The molecule has 0 spiro atoms. The third kappa shape index (κ3) is 2.48. The fourth-order valence-electron chi connectivity index (χ4n) is 2.48. The van der Waals surface area contributed by atoms with Crippen molar-refractivity contribution >= 4 is 11.6 Å². The van der Waals surface area contributed by atoms with Crippen LogP contribution in [0.1, 0.15) is 35.7 Å². The number of nitrogens with zero attached hydrogens (tertiary/aromatic N) is 1. The van der Waals surface area contributed by atoms with Crippen molar-refractivity contribution in [2.24, 2.45) is 11.8 Å². The van der Waals surface area contributed by atoms with E-state index in [1.165, 1.54) is 0 Å². The number of anilines is 1. The van der Waals surface area contributed by atoms with Gasteiger partial charge in [-0.05, 0) is 37.0 Å². The van der Waals surface area contributed by atoms with Crippen LogP contribution in [0.5, 0.6) is 0 Å². The Morgan fingerprint density at radius 2 is 2.33 bits per heavy atom. The minimum atomic E-state index is 0.0823. The zero-order valence-electron chi connectivity index (χ0n) is 11.1. The maximum absolute atomic E-state index is 12.4. The summed E-state index contributed by atoms with van der Waals surface area (Å²) in [6.07, 6.45) is 2.25. The van der Waals surface area contributed by atoms with Gasteiger partial charge in [0.25, 0.3) is 5.91 Å². The fourth-order valence-corrected chi connectivity index (χ4v) is 2.48. The van der Waals surface area contributed by atoms with E-state index in [0.29, 0.717) is 17.2 Å². The predicted octanol–water partition coefficient (Wildman–Crippen LogP) is 2.15. The molecule has 1 aromatic rings.